The molecule has 3 rings (SSSR count). The zero-order valence-electron chi connectivity index (χ0n) is 14.7. The van der Waals surface area contributed by atoms with E-state index in [0.29, 0.717) is 12.0 Å². The second kappa shape index (κ2) is 8.36. The van der Waals surface area contributed by atoms with Gasteiger partial charge in [-0.05, 0) is 43.6 Å². The maximum atomic E-state index is 12.8. The molecule has 1 atom stereocenters. The van der Waals surface area contributed by atoms with E-state index in [9.17, 15) is 4.79 Å². The van der Waals surface area contributed by atoms with Gasteiger partial charge in [-0.3, -0.25) is 9.69 Å². The number of likely N-dealkylation sites (tertiary alicyclic amines) is 1. The highest BCUT2D eigenvalue weighted by molar-refractivity contribution is 7.08. The lowest BCUT2D eigenvalue weighted by Gasteiger charge is -2.40. The third kappa shape index (κ3) is 3.95. The first kappa shape index (κ1) is 17.8. The van der Waals surface area contributed by atoms with Crippen LogP contribution in [0, 0.1) is 5.92 Å². The summed E-state index contributed by atoms with van der Waals surface area (Å²) < 4.78 is 9.44. The Bertz CT molecular complexity index is 536. The fourth-order valence-corrected chi connectivity index (χ4v) is 4.46. The van der Waals surface area contributed by atoms with Crippen LogP contribution in [0.15, 0.2) is 0 Å². The van der Waals surface area contributed by atoms with E-state index in [2.05, 4.69) is 28.3 Å². The molecule has 1 aromatic heterocycles. The Morgan fingerprint density at radius 2 is 2.00 bits per heavy atom. The molecule has 2 aliphatic heterocycles. The number of ether oxygens (including phenoxy) is 1. The molecule has 2 saturated heterocycles. The zero-order valence-corrected chi connectivity index (χ0v) is 15.6. The highest BCUT2D eigenvalue weighted by atomic mass is 32.1. The Hall–Kier alpha value is -1.05. The van der Waals surface area contributed by atoms with E-state index in [-0.39, 0.29) is 5.91 Å². The number of amides is 1. The second-order valence-corrected chi connectivity index (χ2v) is 7.57. The van der Waals surface area contributed by atoms with Crippen LogP contribution in [0.5, 0.6) is 0 Å². The predicted molar refractivity (Wildman–Crippen MR) is 94.4 cm³/mol. The maximum Gasteiger partial charge on any atom is 0.267 e. The van der Waals surface area contributed by atoms with Crippen LogP contribution in [0.4, 0.5) is 0 Å². The minimum absolute atomic E-state index is 0.130. The van der Waals surface area contributed by atoms with E-state index < -0.39 is 0 Å². The molecule has 0 aliphatic carbocycles. The van der Waals surface area contributed by atoms with E-state index in [1.54, 1.807) is 0 Å². The van der Waals surface area contributed by atoms with Crippen molar-refractivity contribution in [3.05, 3.63) is 10.6 Å². The lowest BCUT2D eigenvalue weighted by molar-refractivity contribution is -0.000927. The topological polar surface area (TPSA) is 58.6 Å². The van der Waals surface area contributed by atoms with E-state index in [0.717, 1.165) is 75.6 Å². The van der Waals surface area contributed by atoms with Crippen LogP contribution >= 0.6 is 11.5 Å². The first-order valence-electron chi connectivity index (χ1n) is 9.13. The molecular weight excluding hydrogens is 324 g/mol. The summed E-state index contributed by atoms with van der Waals surface area (Å²) in [6, 6.07) is 0.576. The van der Waals surface area contributed by atoms with Crippen molar-refractivity contribution in [2.45, 2.75) is 45.6 Å². The number of hydrogen-bond donors (Lipinski definition) is 0. The summed E-state index contributed by atoms with van der Waals surface area (Å²) in [4.78, 5) is 18.0. The Morgan fingerprint density at radius 3 is 2.67 bits per heavy atom. The molecule has 0 bridgehead atoms. The molecular formula is C17H28N4O2S. The number of carbonyl (C=O) groups is 1. The number of carbonyl (C=O) groups excluding carboxylic acids is 1. The minimum atomic E-state index is 0.130. The largest absolute Gasteiger partial charge is 0.379 e. The van der Waals surface area contributed by atoms with Crippen molar-refractivity contribution in [3.63, 3.8) is 0 Å². The fraction of sp³-hybridized carbons (Fsp3) is 0.824. The Morgan fingerprint density at radius 1 is 1.29 bits per heavy atom. The predicted octanol–water partition coefficient (Wildman–Crippen LogP) is 2.06. The maximum absolute atomic E-state index is 12.8. The van der Waals surface area contributed by atoms with E-state index in [1.807, 2.05) is 4.90 Å². The van der Waals surface area contributed by atoms with E-state index in [1.165, 1.54) is 11.5 Å². The van der Waals surface area contributed by atoms with Crippen LogP contribution in [0.1, 0.15) is 48.5 Å². The van der Waals surface area contributed by atoms with Gasteiger partial charge in [0.1, 0.15) is 4.88 Å². The molecule has 3 heterocycles. The highest BCUT2D eigenvalue weighted by Crippen LogP contribution is 2.26. The summed E-state index contributed by atoms with van der Waals surface area (Å²) in [5.41, 5.74) is 0.872. The van der Waals surface area contributed by atoms with Crippen molar-refractivity contribution < 1.29 is 9.53 Å². The van der Waals surface area contributed by atoms with E-state index >= 15 is 0 Å². The molecule has 2 aliphatic rings. The molecule has 0 aromatic carbocycles. The zero-order chi connectivity index (χ0) is 16.9. The molecule has 2 fully saturated rings. The molecule has 134 valence electrons. The molecule has 6 nitrogen and oxygen atoms in total. The van der Waals surface area contributed by atoms with Crippen molar-refractivity contribution in [3.8, 4) is 0 Å². The van der Waals surface area contributed by atoms with E-state index in [4.69, 9.17) is 4.74 Å². The van der Waals surface area contributed by atoms with Gasteiger partial charge in [0.05, 0.1) is 18.9 Å². The standard InChI is InChI=1S/C17H28N4O2S/c1-3-4-15-16(24-19-18-15)17(22)21-7-5-14(6-8-21)13(2)20-9-11-23-12-10-20/h13-14H,3-12H2,1-2H3. The summed E-state index contributed by atoms with van der Waals surface area (Å²) in [5.74, 6) is 0.799. The molecule has 7 heteroatoms. The first-order chi connectivity index (χ1) is 11.7. The van der Waals surface area contributed by atoms with Gasteiger partial charge in [0.15, 0.2) is 0 Å². The van der Waals surface area contributed by atoms with Crippen molar-refractivity contribution in [2.75, 3.05) is 39.4 Å². The highest BCUT2D eigenvalue weighted by Gasteiger charge is 2.31. The van der Waals surface area contributed by atoms with Crippen LogP contribution in [-0.4, -0.2) is 70.7 Å². The second-order valence-electron chi connectivity index (χ2n) is 6.82. The molecule has 1 amide bonds. The lowest BCUT2D eigenvalue weighted by atomic mass is 9.89. The Labute approximate surface area is 148 Å². The summed E-state index contributed by atoms with van der Waals surface area (Å²) in [7, 11) is 0. The fourth-order valence-electron chi connectivity index (χ4n) is 3.78. The smallest absolute Gasteiger partial charge is 0.267 e. The number of aromatic nitrogens is 2. The summed E-state index contributed by atoms with van der Waals surface area (Å²) in [6.07, 6.45) is 3.99. The Kier molecular flexibility index (Phi) is 6.19. The number of aryl methyl sites for hydroxylation is 1. The third-order valence-electron chi connectivity index (χ3n) is 5.37. The van der Waals surface area contributed by atoms with Crippen molar-refractivity contribution in [2.24, 2.45) is 5.92 Å². The van der Waals surface area contributed by atoms with Gasteiger partial charge in [0, 0.05) is 32.2 Å². The SMILES string of the molecule is CCCc1nnsc1C(=O)N1CCC(C(C)N2CCOCC2)CC1. The van der Waals surface area contributed by atoms with Gasteiger partial charge in [-0.2, -0.15) is 0 Å². The van der Waals surface area contributed by atoms with Gasteiger partial charge in [-0.1, -0.05) is 17.8 Å². The summed E-state index contributed by atoms with van der Waals surface area (Å²) >= 11 is 1.25. The lowest BCUT2D eigenvalue weighted by Crippen LogP contribution is -2.49. The Balaban J connectivity index is 1.54. The monoisotopic (exact) mass is 352 g/mol. The van der Waals surface area contributed by atoms with Gasteiger partial charge < -0.3 is 9.64 Å². The molecule has 24 heavy (non-hydrogen) atoms. The number of hydrogen-bond acceptors (Lipinski definition) is 6. The molecule has 1 unspecified atom stereocenters. The van der Waals surface area contributed by atoms with Crippen LogP contribution in [0.25, 0.3) is 0 Å². The van der Waals surface area contributed by atoms with Gasteiger partial charge in [-0.25, -0.2) is 0 Å². The van der Waals surface area contributed by atoms with Crippen LogP contribution in [-0.2, 0) is 11.2 Å². The summed E-state index contributed by atoms with van der Waals surface area (Å²) in [6.45, 7) is 9.90. The van der Waals surface area contributed by atoms with Crippen molar-refractivity contribution in [1.29, 1.82) is 0 Å². The molecule has 0 saturated carbocycles. The number of piperidine rings is 1. The van der Waals surface area contributed by atoms with Crippen LogP contribution in [0.2, 0.25) is 0 Å². The van der Waals surface area contributed by atoms with Gasteiger partial charge >= 0.3 is 0 Å². The molecule has 1 aromatic rings. The summed E-state index contributed by atoms with van der Waals surface area (Å²) in [5, 5.41) is 4.13. The molecule has 0 N–H and O–H groups in total. The molecule has 0 radical (unpaired) electrons. The van der Waals surface area contributed by atoms with Gasteiger partial charge in [0.25, 0.3) is 5.91 Å². The minimum Gasteiger partial charge on any atom is -0.379 e. The van der Waals surface area contributed by atoms with Crippen molar-refractivity contribution >= 4 is 17.4 Å². The van der Waals surface area contributed by atoms with Crippen LogP contribution < -0.4 is 0 Å². The van der Waals surface area contributed by atoms with Gasteiger partial charge in [-0.15, -0.1) is 5.10 Å². The normalized spacial score (nSPS) is 21.8. The van der Waals surface area contributed by atoms with Gasteiger partial charge in [0.2, 0.25) is 0 Å². The average Bonchev–Trinajstić information content (AvgIpc) is 3.10. The van der Waals surface area contributed by atoms with Crippen LogP contribution in [0.3, 0.4) is 0 Å². The average molecular weight is 353 g/mol. The third-order valence-corrected chi connectivity index (χ3v) is 6.12. The van der Waals surface area contributed by atoms with Crippen molar-refractivity contribution in [1.82, 2.24) is 19.4 Å². The molecule has 0 spiro atoms. The number of nitrogens with zero attached hydrogens (tertiary/aromatic N) is 4. The number of rotatable bonds is 5. The quantitative estimate of drug-likeness (QED) is 0.812. The first-order valence-corrected chi connectivity index (χ1v) is 9.90. The number of morpholine rings is 1.